The third-order valence-corrected chi connectivity index (χ3v) is 4.49. The summed E-state index contributed by atoms with van der Waals surface area (Å²) < 4.78 is 33.2. The Kier molecular flexibility index (Phi) is 7.08. The van der Waals surface area contributed by atoms with Crippen LogP contribution < -0.4 is 4.74 Å². The highest BCUT2D eigenvalue weighted by Crippen LogP contribution is 2.32. The van der Waals surface area contributed by atoms with Gasteiger partial charge in [-0.25, -0.2) is 18.8 Å². The van der Waals surface area contributed by atoms with Crippen molar-refractivity contribution in [1.82, 2.24) is 9.88 Å². The SMILES string of the molecule is CCN(C=Nc1cc(Br)c(OC(C)c2cc(F)cc(F)c2)nc1C)CC. The van der Waals surface area contributed by atoms with E-state index in [1.165, 1.54) is 12.1 Å². The first kappa shape index (κ1) is 20.3. The molecule has 2 rings (SSSR count). The van der Waals surface area contributed by atoms with Crippen molar-refractivity contribution >= 4 is 28.0 Å². The van der Waals surface area contributed by atoms with Gasteiger partial charge < -0.3 is 9.64 Å². The van der Waals surface area contributed by atoms with Crippen LogP contribution in [0.1, 0.15) is 38.1 Å². The molecular weight excluding hydrogens is 404 g/mol. The smallest absolute Gasteiger partial charge is 0.228 e. The van der Waals surface area contributed by atoms with Gasteiger partial charge in [-0.2, -0.15) is 0 Å². The van der Waals surface area contributed by atoms with Crippen LogP contribution in [0.25, 0.3) is 0 Å². The maximum Gasteiger partial charge on any atom is 0.228 e. The van der Waals surface area contributed by atoms with Crippen molar-refractivity contribution in [2.45, 2.75) is 33.8 Å². The molecule has 1 aromatic carbocycles. The van der Waals surface area contributed by atoms with Gasteiger partial charge in [0.2, 0.25) is 5.88 Å². The van der Waals surface area contributed by atoms with Crippen LogP contribution in [-0.4, -0.2) is 29.3 Å². The molecule has 0 saturated heterocycles. The van der Waals surface area contributed by atoms with Gasteiger partial charge in [-0.3, -0.25) is 0 Å². The molecule has 1 atom stereocenters. The molecule has 1 aromatic heterocycles. The predicted molar refractivity (Wildman–Crippen MR) is 103 cm³/mol. The zero-order chi connectivity index (χ0) is 19.3. The summed E-state index contributed by atoms with van der Waals surface area (Å²) in [5, 5.41) is 0. The Balaban J connectivity index is 2.21. The van der Waals surface area contributed by atoms with Gasteiger partial charge in [-0.1, -0.05) is 0 Å². The van der Waals surface area contributed by atoms with E-state index in [0.29, 0.717) is 21.6 Å². The number of aryl methyl sites for hydroxylation is 1. The fourth-order valence-electron chi connectivity index (χ4n) is 2.34. The zero-order valence-electron chi connectivity index (χ0n) is 15.3. The second-order valence-corrected chi connectivity index (χ2v) is 6.66. The van der Waals surface area contributed by atoms with Crippen molar-refractivity contribution in [1.29, 1.82) is 0 Å². The van der Waals surface area contributed by atoms with E-state index >= 15 is 0 Å². The summed E-state index contributed by atoms with van der Waals surface area (Å²) in [5.74, 6) is -0.930. The van der Waals surface area contributed by atoms with Crippen LogP contribution in [0.15, 0.2) is 33.7 Å². The maximum atomic E-state index is 13.4. The second kappa shape index (κ2) is 9.07. The molecular formula is C19H22BrF2N3O. The molecule has 0 aliphatic heterocycles. The van der Waals surface area contributed by atoms with Gasteiger partial charge >= 0.3 is 0 Å². The fraction of sp³-hybridized carbons (Fsp3) is 0.368. The molecule has 26 heavy (non-hydrogen) atoms. The van der Waals surface area contributed by atoms with Crippen LogP contribution in [0.5, 0.6) is 5.88 Å². The molecule has 0 saturated carbocycles. The summed E-state index contributed by atoms with van der Waals surface area (Å²) in [6, 6.07) is 5.14. The number of aromatic nitrogens is 1. The summed E-state index contributed by atoms with van der Waals surface area (Å²) in [5.41, 5.74) is 1.82. The minimum Gasteiger partial charge on any atom is -0.469 e. The first-order valence-corrected chi connectivity index (χ1v) is 9.21. The van der Waals surface area contributed by atoms with Crippen molar-refractivity contribution in [3.05, 3.63) is 51.6 Å². The second-order valence-electron chi connectivity index (χ2n) is 5.81. The molecule has 0 N–H and O–H groups in total. The monoisotopic (exact) mass is 425 g/mol. The largest absolute Gasteiger partial charge is 0.469 e. The van der Waals surface area contributed by atoms with Gasteiger partial charge in [0.1, 0.15) is 17.7 Å². The summed E-state index contributed by atoms with van der Waals surface area (Å²) in [7, 11) is 0. The molecule has 140 valence electrons. The zero-order valence-corrected chi connectivity index (χ0v) is 16.8. The number of ether oxygens (including phenoxy) is 1. The lowest BCUT2D eigenvalue weighted by Gasteiger charge is -2.17. The summed E-state index contributed by atoms with van der Waals surface area (Å²) >= 11 is 3.43. The maximum absolute atomic E-state index is 13.4. The van der Waals surface area contributed by atoms with Crippen LogP contribution in [0.3, 0.4) is 0 Å². The van der Waals surface area contributed by atoms with E-state index in [1.807, 2.05) is 13.0 Å². The lowest BCUT2D eigenvalue weighted by atomic mass is 10.1. The number of halogens is 3. The summed E-state index contributed by atoms with van der Waals surface area (Å²) in [6.45, 7) is 9.41. The number of hydrogen-bond acceptors (Lipinski definition) is 3. The van der Waals surface area contributed by atoms with Gasteiger partial charge in [0, 0.05) is 19.2 Å². The van der Waals surface area contributed by atoms with Crippen LogP contribution in [0.2, 0.25) is 0 Å². The van der Waals surface area contributed by atoms with Gasteiger partial charge in [0.05, 0.1) is 22.2 Å². The first-order chi connectivity index (χ1) is 12.3. The van der Waals surface area contributed by atoms with Gasteiger partial charge in [-0.05, 0) is 67.4 Å². The van der Waals surface area contributed by atoms with Crippen molar-refractivity contribution in [2.75, 3.05) is 13.1 Å². The standard InChI is InChI=1S/C19H22BrF2N3O/c1-5-25(6-2)11-23-18-10-17(20)19(24-12(18)3)26-13(4)14-7-15(21)9-16(22)8-14/h7-11,13H,5-6H2,1-4H3. The average molecular weight is 426 g/mol. The first-order valence-electron chi connectivity index (χ1n) is 8.42. The number of benzene rings is 1. The number of nitrogens with zero attached hydrogens (tertiary/aromatic N) is 3. The molecule has 0 fully saturated rings. The Labute approximate surface area is 161 Å². The highest BCUT2D eigenvalue weighted by molar-refractivity contribution is 9.10. The molecule has 0 spiro atoms. The predicted octanol–water partition coefficient (Wildman–Crippen LogP) is 5.57. The quantitative estimate of drug-likeness (QED) is 0.429. The van der Waals surface area contributed by atoms with Gasteiger partial charge in [0.25, 0.3) is 0 Å². The Morgan fingerprint density at radius 1 is 1.19 bits per heavy atom. The van der Waals surface area contributed by atoms with E-state index in [9.17, 15) is 8.78 Å². The highest BCUT2D eigenvalue weighted by Gasteiger charge is 2.15. The van der Waals surface area contributed by atoms with Crippen molar-refractivity contribution in [3.63, 3.8) is 0 Å². The molecule has 1 unspecified atom stereocenters. The Hall–Kier alpha value is -2.02. The van der Waals surface area contributed by atoms with E-state index in [1.54, 1.807) is 13.3 Å². The van der Waals surface area contributed by atoms with E-state index in [-0.39, 0.29) is 0 Å². The molecule has 0 radical (unpaired) electrons. The average Bonchev–Trinajstić information content (AvgIpc) is 2.58. The third kappa shape index (κ3) is 5.24. The molecule has 0 aliphatic rings. The van der Waals surface area contributed by atoms with Gasteiger partial charge in [0.15, 0.2) is 0 Å². The molecule has 1 heterocycles. The molecule has 7 heteroatoms. The molecule has 0 amide bonds. The number of aliphatic imine (C=N–C) groups is 1. The fourth-order valence-corrected chi connectivity index (χ4v) is 2.74. The van der Waals surface area contributed by atoms with Crippen LogP contribution in [0, 0.1) is 18.6 Å². The Bertz CT molecular complexity index is 774. The summed E-state index contributed by atoms with van der Waals surface area (Å²) in [4.78, 5) is 11.0. The lowest BCUT2D eigenvalue weighted by Crippen LogP contribution is -2.20. The molecule has 2 aromatic rings. The van der Waals surface area contributed by atoms with E-state index in [0.717, 1.165) is 24.8 Å². The Morgan fingerprint density at radius 3 is 2.38 bits per heavy atom. The van der Waals surface area contributed by atoms with Crippen LogP contribution in [-0.2, 0) is 0 Å². The highest BCUT2D eigenvalue weighted by atomic mass is 79.9. The van der Waals surface area contributed by atoms with Crippen molar-refractivity contribution in [3.8, 4) is 5.88 Å². The van der Waals surface area contributed by atoms with Crippen molar-refractivity contribution < 1.29 is 13.5 Å². The molecule has 0 bridgehead atoms. The number of hydrogen-bond donors (Lipinski definition) is 0. The molecule has 0 aliphatic carbocycles. The molecule has 4 nitrogen and oxygen atoms in total. The third-order valence-electron chi connectivity index (χ3n) is 3.92. The lowest BCUT2D eigenvalue weighted by molar-refractivity contribution is 0.214. The van der Waals surface area contributed by atoms with Gasteiger partial charge in [-0.15, -0.1) is 0 Å². The number of rotatable bonds is 7. The minimum absolute atomic E-state index is 0.349. The van der Waals surface area contributed by atoms with E-state index < -0.39 is 17.7 Å². The minimum atomic E-state index is -0.639. The Morgan fingerprint density at radius 2 is 1.81 bits per heavy atom. The van der Waals surface area contributed by atoms with E-state index in [4.69, 9.17) is 4.74 Å². The normalized spacial score (nSPS) is 12.4. The van der Waals surface area contributed by atoms with Crippen molar-refractivity contribution in [2.24, 2.45) is 4.99 Å². The summed E-state index contributed by atoms with van der Waals surface area (Å²) in [6.07, 6.45) is 1.23. The van der Waals surface area contributed by atoms with Crippen LogP contribution in [0.4, 0.5) is 14.5 Å². The van der Waals surface area contributed by atoms with Crippen LogP contribution >= 0.6 is 15.9 Å². The van der Waals surface area contributed by atoms with E-state index in [2.05, 4.69) is 44.7 Å². The topological polar surface area (TPSA) is 37.7 Å². The number of pyridine rings is 1.